The highest BCUT2D eigenvalue weighted by Gasteiger charge is 2.36. The molecule has 5 nitrogen and oxygen atoms in total. The van der Waals surface area contributed by atoms with Crippen molar-refractivity contribution in [3.05, 3.63) is 12.2 Å². The third kappa shape index (κ3) is 4.18. The van der Waals surface area contributed by atoms with Gasteiger partial charge in [-0.3, -0.25) is 0 Å². The van der Waals surface area contributed by atoms with E-state index in [9.17, 15) is 4.79 Å². The van der Waals surface area contributed by atoms with E-state index in [0.717, 1.165) is 6.08 Å². The molecule has 0 aromatic rings. The Morgan fingerprint density at radius 1 is 1.31 bits per heavy atom. The number of carbonyl (C=O) groups is 1. The van der Waals surface area contributed by atoms with Gasteiger partial charge in [-0.15, -0.1) is 0 Å². The molecule has 0 rings (SSSR count). The van der Waals surface area contributed by atoms with E-state index in [1.807, 2.05) is 0 Å². The Morgan fingerprint density at radius 3 is 2.08 bits per heavy atom. The highest BCUT2D eigenvalue weighted by Crippen LogP contribution is 2.12. The molecule has 6 heteroatoms. The lowest BCUT2D eigenvalue weighted by Crippen LogP contribution is -2.42. The van der Waals surface area contributed by atoms with E-state index in [2.05, 4.69) is 0 Å². The molecule has 0 unspecified atom stereocenters. The Balaban J connectivity index is 4.17. The molecule has 0 atom stereocenters. The van der Waals surface area contributed by atoms with Gasteiger partial charge in [0.15, 0.2) is 0 Å². The molecule has 0 aromatic carbocycles. The number of aliphatic carboxylic acids is 1. The van der Waals surface area contributed by atoms with Crippen molar-refractivity contribution in [3.63, 3.8) is 0 Å². The van der Waals surface area contributed by atoms with Gasteiger partial charge in [-0.1, -0.05) is 6.08 Å². The molecule has 0 bridgehead atoms. The minimum Gasteiger partial charge on any atom is -0.478 e. The summed E-state index contributed by atoms with van der Waals surface area (Å²) < 4.78 is 15.2. The first-order chi connectivity index (χ1) is 6.10. The summed E-state index contributed by atoms with van der Waals surface area (Å²) in [6.45, 7) is 0. The van der Waals surface area contributed by atoms with Crippen molar-refractivity contribution in [2.75, 3.05) is 21.3 Å². The highest BCUT2D eigenvalue weighted by molar-refractivity contribution is 6.61. The van der Waals surface area contributed by atoms with Crippen LogP contribution in [0.3, 0.4) is 0 Å². The maximum absolute atomic E-state index is 10.2. The van der Waals surface area contributed by atoms with Crippen LogP contribution in [0.2, 0.25) is 6.04 Å². The van der Waals surface area contributed by atoms with Crippen LogP contribution >= 0.6 is 0 Å². The zero-order valence-corrected chi connectivity index (χ0v) is 8.94. The topological polar surface area (TPSA) is 65.0 Å². The minimum atomic E-state index is -2.63. The van der Waals surface area contributed by atoms with Crippen LogP contribution in [0.25, 0.3) is 0 Å². The first kappa shape index (κ1) is 12.3. The molecular formula is C7H14O5Si. The monoisotopic (exact) mass is 206 g/mol. The van der Waals surface area contributed by atoms with Crippen LogP contribution in [-0.2, 0) is 18.1 Å². The van der Waals surface area contributed by atoms with E-state index in [1.165, 1.54) is 27.4 Å². The van der Waals surface area contributed by atoms with Crippen LogP contribution in [0.1, 0.15) is 0 Å². The van der Waals surface area contributed by atoms with Crippen molar-refractivity contribution in [1.29, 1.82) is 0 Å². The molecule has 0 saturated heterocycles. The number of allylic oxidation sites excluding steroid dienone is 1. The fraction of sp³-hybridized carbons (Fsp3) is 0.571. The van der Waals surface area contributed by atoms with Gasteiger partial charge in [0, 0.05) is 33.4 Å². The summed E-state index contributed by atoms with van der Waals surface area (Å²) in [5, 5.41) is 8.33. The van der Waals surface area contributed by atoms with E-state index in [0.29, 0.717) is 6.04 Å². The largest absolute Gasteiger partial charge is 0.504 e. The number of carboxylic acids is 1. The van der Waals surface area contributed by atoms with Gasteiger partial charge < -0.3 is 18.4 Å². The van der Waals surface area contributed by atoms with Gasteiger partial charge >= 0.3 is 14.8 Å². The zero-order valence-electron chi connectivity index (χ0n) is 7.94. The quantitative estimate of drug-likeness (QED) is 0.506. The number of hydrogen-bond donors (Lipinski definition) is 1. The summed E-state index contributed by atoms with van der Waals surface area (Å²) in [6.07, 6.45) is 2.50. The molecule has 0 aliphatic heterocycles. The first-order valence-electron chi connectivity index (χ1n) is 3.65. The summed E-state index contributed by atoms with van der Waals surface area (Å²) in [7, 11) is 1.81. The average molecular weight is 206 g/mol. The predicted molar refractivity (Wildman–Crippen MR) is 48.4 cm³/mol. The molecule has 13 heavy (non-hydrogen) atoms. The van der Waals surface area contributed by atoms with Crippen LogP contribution in [0.4, 0.5) is 0 Å². The lowest BCUT2D eigenvalue weighted by molar-refractivity contribution is -0.131. The molecule has 0 heterocycles. The molecule has 76 valence electrons. The Hall–Kier alpha value is -0.693. The second-order valence-corrected chi connectivity index (χ2v) is 5.24. The summed E-state index contributed by atoms with van der Waals surface area (Å²) in [5.74, 6) is -0.994. The lowest BCUT2D eigenvalue weighted by Gasteiger charge is -2.22. The molecule has 0 spiro atoms. The van der Waals surface area contributed by atoms with Gasteiger partial charge in [-0.05, 0) is 0 Å². The average Bonchev–Trinajstić information content (AvgIpc) is 2.13. The van der Waals surface area contributed by atoms with Crippen LogP contribution in [0.5, 0.6) is 0 Å². The number of hydrogen-bond acceptors (Lipinski definition) is 4. The summed E-state index contributed by atoms with van der Waals surface area (Å²) >= 11 is 0. The smallest absolute Gasteiger partial charge is 0.478 e. The van der Waals surface area contributed by atoms with E-state index in [1.54, 1.807) is 0 Å². The van der Waals surface area contributed by atoms with Crippen molar-refractivity contribution < 1.29 is 23.2 Å². The summed E-state index contributed by atoms with van der Waals surface area (Å²) in [6, 6.07) is 0.350. The number of carboxylic acid groups (broad SMARTS) is 1. The molecule has 0 aromatic heterocycles. The van der Waals surface area contributed by atoms with Crippen LogP contribution in [-0.4, -0.2) is 41.2 Å². The van der Waals surface area contributed by atoms with Gasteiger partial charge in [0.2, 0.25) is 0 Å². The minimum absolute atomic E-state index is 0.350. The van der Waals surface area contributed by atoms with Gasteiger partial charge in [0.25, 0.3) is 0 Å². The SMILES string of the molecule is CO[Si](CC=CC(=O)O)(OC)OC. The van der Waals surface area contributed by atoms with Gasteiger partial charge in [0.1, 0.15) is 0 Å². The third-order valence-corrected chi connectivity index (χ3v) is 4.16. The Morgan fingerprint density at radius 2 is 1.77 bits per heavy atom. The third-order valence-electron chi connectivity index (χ3n) is 1.56. The Bertz CT molecular complexity index is 179. The van der Waals surface area contributed by atoms with Crippen LogP contribution < -0.4 is 0 Å². The maximum atomic E-state index is 10.2. The van der Waals surface area contributed by atoms with Crippen molar-refractivity contribution in [3.8, 4) is 0 Å². The predicted octanol–water partition coefficient (Wildman–Crippen LogP) is 0.505. The molecule has 0 fully saturated rings. The number of rotatable bonds is 6. The Kier molecular flexibility index (Phi) is 5.56. The van der Waals surface area contributed by atoms with Gasteiger partial charge in [-0.2, -0.15) is 0 Å². The molecule has 0 saturated carbocycles. The van der Waals surface area contributed by atoms with Crippen molar-refractivity contribution in [2.45, 2.75) is 6.04 Å². The summed E-state index contributed by atoms with van der Waals surface area (Å²) in [4.78, 5) is 10.2. The molecule has 1 N–H and O–H groups in total. The zero-order chi connectivity index (χ0) is 10.3. The highest BCUT2D eigenvalue weighted by atomic mass is 28.4. The normalized spacial score (nSPS) is 12.2. The molecule has 0 amide bonds. The second-order valence-electron chi connectivity index (χ2n) is 2.24. The lowest BCUT2D eigenvalue weighted by atomic mass is 10.5. The van der Waals surface area contributed by atoms with Crippen molar-refractivity contribution in [2.24, 2.45) is 0 Å². The second kappa shape index (κ2) is 5.87. The molecule has 0 aliphatic rings. The standard InChI is InChI=1S/C7H14O5Si/c1-10-13(11-2,12-3)6-4-5-7(8)9/h4-5H,6H2,1-3H3,(H,8,9). The summed E-state index contributed by atoms with van der Waals surface area (Å²) in [5.41, 5.74) is 0. The first-order valence-corrected chi connectivity index (χ1v) is 5.58. The van der Waals surface area contributed by atoms with Crippen LogP contribution in [0, 0.1) is 0 Å². The van der Waals surface area contributed by atoms with E-state index < -0.39 is 14.8 Å². The molecular weight excluding hydrogens is 192 g/mol. The van der Waals surface area contributed by atoms with E-state index in [4.69, 9.17) is 18.4 Å². The van der Waals surface area contributed by atoms with Crippen molar-refractivity contribution in [1.82, 2.24) is 0 Å². The molecule has 0 radical (unpaired) electrons. The fourth-order valence-electron chi connectivity index (χ4n) is 0.804. The van der Waals surface area contributed by atoms with Gasteiger partial charge in [-0.25, -0.2) is 4.79 Å². The Labute approximate surface area is 78.3 Å². The van der Waals surface area contributed by atoms with E-state index >= 15 is 0 Å². The maximum Gasteiger partial charge on any atom is 0.504 e. The molecule has 0 aliphatic carbocycles. The van der Waals surface area contributed by atoms with Crippen molar-refractivity contribution >= 4 is 14.8 Å². The van der Waals surface area contributed by atoms with E-state index in [-0.39, 0.29) is 0 Å². The fourth-order valence-corrected chi connectivity index (χ4v) is 2.21. The van der Waals surface area contributed by atoms with Gasteiger partial charge in [0.05, 0.1) is 0 Å². The van der Waals surface area contributed by atoms with Crippen LogP contribution in [0.15, 0.2) is 12.2 Å².